The summed E-state index contributed by atoms with van der Waals surface area (Å²) in [5.41, 5.74) is 5.26. The Labute approximate surface area is 184 Å². The number of phenols is 1. The topological polar surface area (TPSA) is 66.8 Å². The molecule has 1 aliphatic rings. The van der Waals surface area contributed by atoms with E-state index >= 15 is 0 Å². The molecule has 1 aliphatic carbocycles. The van der Waals surface area contributed by atoms with Gasteiger partial charge in [-0.15, -0.1) is 0 Å². The summed E-state index contributed by atoms with van der Waals surface area (Å²) in [6.07, 6.45) is 5.56. The molecule has 0 spiro atoms. The molecular formula is C27H32O4. The zero-order chi connectivity index (χ0) is 22.4. The summed E-state index contributed by atoms with van der Waals surface area (Å²) in [6.45, 7) is 5.77. The minimum Gasteiger partial charge on any atom is -0.507 e. The average molecular weight is 421 g/mol. The number of rotatable bonds is 8. The average Bonchev–Trinajstić information content (AvgIpc) is 2.73. The van der Waals surface area contributed by atoms with Gasteiger partial charge in [-0.25, -0.2) is 0 Å². The Balaban J connectivity index is 1.76. The molecule has 0 amide bonds. The van der Waals surface area contributed by atoms with Crippen LogP contribution in [0, 0.1) is 0 Å². The van der Waals surface area contributed by atoms with Crippen LogP contribution in [-0.2, 0) is 17.8 Å². The monoisotopic (exact) mass is 420 g/mol. The smallest absolute Gasteiger partial charge is 0.156 e. The molecule has 164 valence electrons. The zero-order valence-corrected chi connectivity index (χ0v) is 18.6. The third-order valence-corrected chi connectivity index (χ3v) is 5.72. The molecule has 0 saturated carbocycles. The van der Waals surface area contributed by atoms with Crippen molar-refractivity contribution < 1.29 is 19.7 Å². The summed E-state index contributed by atoms with van der Waals surface area (Å²) < 4.78 is 6.04. The Morgan fingerprint density at radius 1 is 1.13 bits per heavy atom. The number of allylic oxidation sites excluding steroid dienone is 4. The van der Waals surface area contributed by atoms with Gasteiger partial charge in [-0.2, -0.15) is 0 Å². The van der Waals surface area contributed by atoms with Crippen LogP contribution in [0.1, 0.15) is 63.1 Å². The lowest BCUT2D eigenvalue weighted by Crippen LogP contribution is -2.13. The van der Waals surface area contributed by atoms with E-state index < -0.39 is 0 Å². The van der Waals surface area contributed by atoms with Crippen LogP contribution in [-0.4, -0.2) is 22.1 Å². The van der Waals surface area contributed by atoms with Crippen molar-refractivity contribution in [2.45, 2.75) is 65.6 Å². The highest BCUT2D eigenvalue weighted by molar-refractivity contribution is 6.04. The van der Waals surface area contributed by atoms with Gasteiger partial charge in [-0.1, -0.05) is 35.9 Å². The van der Waals surface area contributed by atoms with Gasteiger partial charge in [0.05, 0.1) is 12.7 Å². The van der Waals surface area contributed by atoms with Crippen molar-refractivity contribution in [2.24, 2.45) is 0 Å². The molecule has 0 radical (unpaired) electrons. The van der Waals surface area contributed by atoms with Gasteiger partial charge in [0.2, 0.25) is 0 Å². The molecule has 3 rings (SSSR count). The van der Waals surface area contributed by atoms with Gasteiger partial charge in [0.1, 0.15) is 11.5 Å². The van der Waals surface area contributed by atoms with Crippen LogP contribution in [0.25, 0.3) is 5.57 Å². The highest BCUT2D eigenvalue weighted by Gasteiger charge is 2.23. The zero-order valence-electron chi connectivity index (χ0n) is 18.6. The second kappa shape index (κ2) is 10.5. The number of carbonyl (C=O) groups excluding carboxylic acids is 1. The van der Waals surface area contributed by atoms with Crippen LogP contribution < -0.4 is 4.74 Å². The van der Waals surface area contributed by atoms with E-state index in [1.54, 1.807) is 18.2 Å². The Kier molecular flexibility index (Phi) is 7.69. The van der Waals surface area contributed by atoms with Crippen molar-refractivity contribution in [1.82, 2.24) is 0 Å². The SMILES string of the molecule is CC(C)=C1CCC(=O)C=C1c1c(O)cc(OC(C)CCCc2ccccc2)cc1CO. The van der Waals surface area contributed by atoms with Crippen LogP contribution in [0.2, 0.25) is 0 Å². The molecule has 0 heterocycles. The van der Waals surface area contributed by atoms with Crippen molar-refractivity contribution >= 4 is 11.4 Å². The first-order valence-corrected chi connectivity index (χ1v) is 11.0. The second-order valence-corrected chi connectivity index (χ2v) is 8.44. The number of hydrogen-bond donors (Lipinski definition) is 2. The molecule has 1 unspecified atom stereocenters. The summed E-state index contributed by atoms with van der Waals surface area (Å²) in [7, 11) is 0. The van der Waals surface area contributed by atoms with Crippen LogP contribution in [0.4, 0.5) is 0 Å². The number of phenolic OH excluding ortho intramolecular Hbond substituents is 1. The standard InChI is InChI=1S/C27H32O4/c1-18(2)24-13-12-22(29)15-25(24)27-21(17-28)14-23(16-26(27)30)31-19(3)8-7-11-20-9-5-4-6-10-20/h4-6,9-10,14-16,19,28,30H,7-8,11-13,17H2,1-3H3. The number of aryl methyl sites for hydroxylation is 1. The molecule has 1 atom stereocenters. The molecule has 4 nitrogen and oxygen atoms in total. The largest absolute Gasteiger partial charge is 0.507 e. The van der Waals surface area contributed by atoms with Crippen molar-refractivity contribution in [1.29, 1.82) is 0 Å². The van der Waals surface area contributed by atoms with Crippen LogP contribution >= 0.6 is 0 Å². The number of hydrogen-bond acceptors (Lipinski definition) is 4. The molecular weight excluding hydrogens is 388 g/mol. The predicted octanol–water partition coefficient (Wildman–Crippen LogP) is 5.76. The number of carbonyl (C=O) groups is 1. The lowest BCUT2D eigenvalue weighted by molar-refractivity contribution is -0.114. The molecule has 0 fully saturated rings. The van der Waals surface area contributed by atoms with E-state index in [4.69, 9.17) is 4.74 Å². The fraction of sp³-hybridized carbons (Fsp3) is 0.370. The lowest BCUT2D eigenvalue weighted by atomic mass is 9.83. The van der Waals surface area contributed by atoms with E-state index in [1.165, 1.54) is 5.56 Å². The van der Waals surface area contributed by atoms with E-state index in [9.17, 15) is 15.0 Å². The highest BCUT2D eigenvalue weighted by atomic mass is 16.5. The molecule has 2 aromatic carbocycles. The molecule has 31 heavy (non-hydrogen) atoms. The Morgan fingerprint density at radius 2 is 1.87 bits per heavy atom. The third-order valence-electron chi connectivity index (χ3n) is 5.72. The minimum absolute atomic E-state index is 0.0238. The van der Waals surface area contributed by atoms with Gasteiger partial charge >= 0.3 is 0 Å². The normalized spacial score (nSPS) is 14.9. The molecule has 2 aromatic rings. The first kappa shape index (κ1) is 22.8. The predicted molar refractivity (Wildman–Crippen MR) is 124 cm³/mol. The van der Waals surface area contributed by atoms with Crippen LogP contribution in [0.15, 0.2) is 59.7 Å². The fourth-order valence-corrected chi connectivity index (χ4v) is 4.14. The molecule has 0 bridgehead atoms. The Morgan fingerprint density at radius 3 is 2.55 bits per heavy atom. The van der Waals surface area contributed by atoms with Crippen molar-refractivity contribution in [2.75, 3.05) is 0 Å². The summed E-state index contributed by atoms with van der Waals surface area (Å²) >= 11 is 0. The number of benzene rings is 2. The summed E-state index contributed by atoms with van der Waals surface area (Å²) in [6, 6.07) is 13.7. The van der Waals surface area contributed by atoms with Crippen molar-refractivity contribution in [3.8, 4) is 11.5 Å². The number of aliphatic hydroxyl groups excluding tert-OH is 1. The van der Waals surface area contributed by atoms with Crippen LogP contribution in [0.3, 0.4) is 0 Å². The van der Waals surface area contributed by atoms with E-state index in [0.717, 1.165) is 30.4 Å². The summed E-state index contributed by atoms with van der Waals surface area (Å²) in [4.78, 5) is 12.1. The third kappa shape index (κ3) is 5.86. The van der Waals surface area contributed by atoms with Gasteiger partial charge in [-0.05, 0) is 80.9 Å². The van der Waals surface area contributed by atoms with Gasteiger partial charge in [0.25, 0.3) is 0 Å². The Bertz CT molecular complexity index is 982. The van der Waals surface area contributed by atoms with Gasteiger partial charge in [-0.3, -0.25) is 4.79 Å². The quantitative estimate of drug-likeness (QED) is 0.570. The number of ketones is 1. The van der Waals surface area contributed by atoms with E-state index in [2.05, 4.69) is 12.1 Å². The molecule has 2 N–H and O–H groups in total. The van der Waals surface area contributed by atoms with Crippen LogP contribution in [0.5, 0.6) is 11.5 Å². The van der Waals surface area contributed by atoms with Crippen molar-refractivity contribution in [3.63, 3.8) is 0 Å². The van der Waals surface area contributed by atoms with E-state index in [1.807, 2.05) is 39.0 Å². The number of aromatic hydroxyl groups is 1. The van der Waals surface area contributed by atoms with Gasteiger partial charge in [0.15, 0.2) is 5.78 Å². The lowest BCUT2D eigenvalue weighted by Gasteiger charge is -2.23. The fourth-order valence-electron chi connectivity index (χ4n) is 4.14. The molecule has 0 aromatic heterocycles. The maximum atomic E-state index is 12.1. The van der Waals surface area contributed by atoms with E-state index in [-0.39, 0.29) is 24.2 Å². The molecule has 4 heteroatoms. The summed E-state index contributed by atoms with van der Waals surface area (Å²) in [5.74, 6) is 0.590. The number of aliphatic hydroxyl groups is 1. The number of ether oxygens (including phenoxy) is 1. The highest BCUT2D eigenvalue weighted by Crippen LogP contribution is 2.41. The first-order chi connectivity index (χ1) is 14.9. The van der Waals surface area contributed by atoms with E-state index in [0.29, 0.717) is 35.3 Å². The molecule has 0 saturated heterocycles. The van der Waals surface area contributed by atoms with Crippen molar-refractivity contribution in [3.05, 3.63) is 76.4 Å². The summed E-state index contributed by atoms with van der Waals surface area (Å²) in [5, 5.41) is 20.8. The maximum absolute atomic E-state index is 12.1. The minimum atomic E-state index is -0.246. The van der Waals surface area contributed by atoms with Gasteiger partial charge < -0.3 is 14.9 Å². The second-order valence-electron chi connectivity index (χ2n) is 8.44. The maximum Gasteiger partial charge on any atom is 0.156 e. The Hall–Kier alpha value is -2.85. The molecule has 0 aliphatic heterocycles. The van der Waals surface area contributed by atoms with Gasteiger partial charge in [0, 0.05) is 18.1 Å². The first-order valence-electron chi connectivity index (χ1n) is 11.0.